The molecule has 39 heavy (non-hydrogen) atoms. The summed E-state index contributed by atoms with van der Waals surface area (Å²) in [5.41, 5.74) is 5.93. The number of nitrogens with one attached hydrogen (secondary N) is 3. The number of thiophene rings is 1. The number of hydrazone groups is 1. The highest BCUT2D eigenvalue weighted by molar-refractivity contribution is 7.10. The third-order valence-electron chi connectivity index (χ3n) is 7.63. The van der Waals surface area contributed by atoms with Crippen LogP contribution < -0.4 is 16.1 Å². The Balaban J connectivity index is 1.11. The van der Waals surface area contributed by atoms with Crippen molar-refractivity contribution in [1.29, 1.82) is 0 Å². The van der Waals surface area contributed by atoms with Crippen LogP contribution in [0.5, 0.6) is 0 Å². The molecule has 2 aliphatic heterocycles. The van der Waals surface area contributed by atoms with Crippen LogP contribution in [-0.2, 0) is 20.7 Å². The van der Waals surface area contributed by atoms with Gasteiger partial charge in [-0.05, 0) is 54.0 Å². The monoisotopic (exact) mass is 551 g/mol. The Morgan fingerprint density at radius 2 is 2.08 bits per heavy atom. The summed E-state index contributed by atoms with van der Waals surface area (Å²) in [6.07, 6.45) is 5.84. The Kier molecular flexibility index (Phi) is 9.28. The largest absolute Gasteiger partial charge is 0.448 e. The summed E-state index contributed by atoms with van der Waals surface area (Å²) in [6, 6.07) is 12.0. The number of hydrogen-bond acceptors (Lipinski definition) is 8. The van der Waals surface area contributed by atoms with Crippen LogP contribution in [-0.4, -0.2) is 74.2 Å². The molecule has 208 valence electrons. The first-order chi connectivity index (χ1) is 19.0. The lowest BCUT2D eigenvalue weighted by Gasteiger charge is -2.37. The van der Waals surface area contributed by atoms with E-state index < -0.39 is 6.09 Å². The van der Waals surface area contributed by atoms with Gasteiger partial charge in [-0.1, -0.05) is 31.2 Å². The molecule has 1 aromatic carbocycles. The normalized spacial score (nSPS) is 25.0. The quantitative estimate of drug-likeness (QED) is 0.439. The molecule has 1 aliphatic carbocycles. The highest BCUT2D eigenvalue weighted by Crippen LogP contribution is 2.33. The van der Waals surface area contributed by atoms with Gasteiger partial charge in [0.15, 0.2) is 0 Å². The molecule has 0 bridgehead atoms. The second kappa shape index (κ2) is 13.2. The maximum atomic E-state index is 12.6. The molecule has 2 aromatic rings. The molecule has 1 saturated heterocycles. The zero-order valence-corrected chi connectivity index (χ0v) is 23.1. The summed E-state index contributed by atoms with van der Waals surface area (Å²) in [5.74, 6) is 0.699. The fourth-order valence-electron chi connectivity index (χ4n) is 5.45. The van der Waals surface area contributed by atoms with Gasteiger partial charge in [0.1, 0.15) is 6.61 Å². The first kappa shape index (κ1) is 27.4. The molecule has 0 radical (unpaired) electrons. The van der Waals surface area contributed by atoms with Crippen LogP contribution in [0.15, 0.2) is 53.0 Å². The molecule has 9 nitrogen and oxygen atoms in total. The zero-order chi connectivity index (χ0) is 27.0. The summed E-state index contributed by atoms with van der Waals surface area (Å²) in [4.78, 5) is 28.2. The van der Waals surface area contributed by atoms with Crippen LogP contribution >= 0.6 is 11.3 Å². The van der Waals surface area contributed by atoms with Crippen molar-refractivity contribution >= 4 is 40.8 Å². The van der Waals surface area contributed by atoms with Gasteiger partial charge < -0.3 is 20.2 Å². The van der Waals surface area contributed by atoms with E-state index in [2.05, 4.69) is 33.0 Å². The van der Waals surface area contributed by atoms with Crippen molar-refractivity contribution in [3.05, 3.63) is 58.3 Å². The van der Waals surface area contributed by atoms with Crippen molar-refractivity contribution in [3.8, 4) is 0 Å². The highest BCUT2D eigenvalue weighted by Gasteiger charge is 2.40. The average Bonchev–Trinajstić information content (AvgIpc) is 3.58. The van der Waals surface area contributed by atoms with E-state index in [9.17, 15) is 9.59 Å². The molecular weight excluding hydrogens is 514 g/mol. The molecule has 2 amide bonds. The molecule has 2 fully saturated rings. The Morgan fingerprint density at radius 3 is 2.90 bits per heavy atom. The van der Waals surface area contributed by atoms with Gasteiger partial charge in [0.2, 0.25) is 5.91 Å². The molecule has 1 aromatic heterocycles. The predicted molar refractivity (Wildman–Crippen MR) is 154 cm³/mol. The average molecular weight is 552 g/mol. The number of benzene rings is 1. The van der Waals surface area contributed by atoms with Gasteiger partial charge in [0.05, 0.1) is 31.4 Å². The number of fused-ring (bicyclic) bond motifs is 1. The van der Waals surface area contributed by atoms with E-state index >= 15 is 0 Å². The summed E-state index contributed by atoms with van der Waals surface area (Å²) >= 11 is 1.61. The zero-order valence-electron chi connectivity index (χ0n) is 22.3. The second-order valence-electron chi connectivity index (χ2n) is 10.4. The Hall–Kier alpha value is -3.21. The number of carbonyl (C=O) groups excluding carboxylic acids is 2. The number of morpholine rings is 1. The van der Waals surface area contributed by atoms with E-state index in [0.29, 0.717) is 31.2 Å². The minimum atomic E-state index is -0.458. The molecule has 5 rings (SSSR count). The van der Waals surface area contributed by atoms with Crippen molar-refractivity contribution < 1.29 is 19.1 Å². The van der Waals surface area contributed by atoms with E-state index in [0.717, 1.165) is 55.3 Å². The molecule has 10 heteroatoms. The molecule has 3 aliphatic rings. The fourth-order valence-corrected chi connectivity index (χ4v) is 6.15. The number of ether oxygens (including phenoxy) is 2. The van der Waals surface area contributed by atoms with Crippen LogP contribution in [0, 0.1) is 11.8 Å². The van der Waals surface area contributed by atoms with Gasteiger partial charge in [-0.3, -0.25) is 15.0 Å². The first-order valence-electron chi connectivity index (χ1n) is 13.7. The van der Waals surface area contributed by atoms with Gasteiger partial charge in [-0.15, -0.1) is 11.3 Å². The minimum Gasteiger partial charge on any atom is -0.448 e. The van der Waals surface area contributed by atoms with E-state index in [1.807, 2.05) is 53.9 Å². The maximum Gasteiger partial charge on any atom is 0.411 e. The van der Waals surface area contributed by atoms with E-state index in [4.69, 9.17) is 9.47 Å². The minimum absolute atomic E-state index is 0.0803. The lowest BCUT2D eigenvalue weighted by Crippen LogP contribution is -2.49. The summed E-state index contributed by atoms with van der Waals surface area (Å²) in [7, 11) is 0. The molecule has 1 saturated carbocycles. The molecule has 3 heterocycles. The van der Waals surface area contributed by atoms with Crippen LogP contribution in [0.1, 0.15) is 30.2 Å². The molecular formula is C29H37N5O4S. The molecule has 3 N–H and O–H groups in total. The number of amides is 2. The third-order valence-corrected chi connectivity index (χ3v) is 8.51. The van der Waals surface area contributed by atoms with Crippen molar-refractivity contribution in [3.63, 3.8) is 0 Å². The molecule has 0 spiro atoms. The maximum absolute atomic E-state index is 12.6. The fraction of sp³-hybridized carbons (Fsp3) is 0.483. The topological polar surface area (TPSA) is 104 Å². The van der Waals surface area contributed by atoms with Gasteiger partial charge in [0, 0.05) is 42.2 Å². The van der Waals surface area contributed by atoms with E-state index in [1.54, 1.807) is 11.3 Å². The molecule has 3 unspecified atom stereocenters. The number of anilines is 1. The summed E-state index contributed by atoms with van der Waals surface area (Å²) in [6.45, 7) is 6.43. The van der Waals surface area contributed by atoms with Crippen molar-refractivity contribution in [2.45, 2.75) is 38.3 Å². The van der Waals surface area contributed by atoms with Gasteiger partial charge in [-0.25, -0.2) is 4.79 Å². The van der Waals surface area contributed by atoms with Crippen LogP contribution in [0.4, 0.5) is 10.5 Å². The van der Waals surface area contributed by atoms with Crippen LogP contribution in [0.3, 0.4) is 0 Å². The number of nitrogens with zero attached hydrogens (tertiary/aromatic N) is 2. The number of carbonyl (C=O) groups is 2. The second-order valence-corrected chi connectivity index (χ2v) is 11.5. The number of rotatable bonds is 9. The van der Waals surface area contributed by atoms with Crippen molar-refractivity contribution in [2.24, 2.45) is 16.9 Å². The van der Waals surface area contributed by atoms with Gasteiger partial charge >= 0.3 is 6.09 Å². The first-order valence-corrected chi connectivity index (χ1v) is 14.6. The third kappa shape index (κ3) is 7.68. The smallest absolute Gasteiger partial charge is 0.411 e. The Labute approximate surface area is 233 Å². The summed E-state index contributed by atoms with van der Waals surface area (Å²) < 4.78 is 10.7. The lowest BCUT2D eigenvalue weighted by atomic mass is 9.74. The van der Waals surface area contributed by atoms with Gasteiger partial charge in [-0.2, -0.15) is 5.10 Å². The highest BCUT2D eigenvalue weighted by atomic mass is 32.1. The van der Waals surface area contributed by atoms with E-state index in [-0.39, 0.29) is 23.9 Å². The summed E-state index contributed by atoms with van der Waals surface area (Å²) in [5, 5.41) is 12.7. The lowest BCUT2D eigenvalue weighted by molar-refractivity contribution is -0.121. The molecule has 4 atom stereocenters. The van der Waals surface area contributed by atoms with Crippen molar-refractivity contribution in [1.82, 2.24) is 15.6 Å². The van der Waals surface area contributed by atoms with E-state index in [1.165, 1.54) is 0 Å². The SMILES string of the molecule is CC1CC2NN=C(/C=C/c3cccc(NC(=O)OCCN4CCOCC4)c3)C2C[C@@H]1NC(=O)Cc1cccs1. The van der Waals surface area contributed by atoms with Gasteiger partial charge in [0.25, 0.3) is 0 Å². The number of hydrogen-bond donors (Lipinski definition) is 3. The van der Waals surface area contributed by atoms with Crippen molar-refractivity contribution in [2.75, 3.05) is 44.8 Å². The Bertz CT molecular complexity index is 1180. The predicted octanol–water partition coefficient (Wildman–Crippen LogP) is 3.74. The standard InChI is InChI=1S/C29H37N5O4S/c1-20-16-27-24(19-26(20)31-28(35)18-23-6-3-15-39-23)25(32-33-27)8-7-21-4-2-5-22(17-21)30-29(36)38-14-11-34-9-12-37-13-10-34/h2-8,15,17,20,24,26-27,33H,9-14,16,18-19H2,1H3,(H,30,36)(H,31,35)/b8-7+/t20?,24?,26-,27?/m0/s1. The van der Waals surface area contributed by atoms with Crippen LogP contribution in [0.25, 0.3) is 6.08 Å². The number of allylic oxidation sites excluding steroid dienone is 1. The Morgan fingerprint density at radius 1 is 1.21 bits per heavy atom. The van der Waals surface area contributed by atoms with Crippen LogP contribution in [0.2, 0.25) is 0 Å².